The molecule has 0 amide bonds. The fourth-order valence-corrected chi connectivity index (χ4v) is 3.94. The Bertz CT molecular complexity index is 562. The second-order valence-corrected chi connectivity index (χ2v) is 7.06. The molecule has 0 radical (unpaired) electrons. The topological polar surface area (TPSA) is 12.0 Å². The van der Waals surface area contributed by atoms with Gasteiger partial charge in [0.15, 0.2) is 0 Å². The maximum Gasteiger partial charge on any atom is 0.0380 e. The molecule has 1 aromatic carbocycles. The molecular weight excluding hydrogens is 330 g/mol. The fraction of sp³-hybridized carbons (Fsp3) is 0.412. The van der Waals surface area contributed by atoms with Gasteiger partial charge in [0, 0.05) is 26.7 Å². The van der Waals surface area contributed by atoms with Crippen LogP contribution in [0.1, 0.15) is 40.8 Å². The molecule has 0 aliphatic rings. The Morgan fingerprint density at radius 2 is 1.90 bits per heavy atom. The van der Waals surface area contributed by atoms with Crippen LogP contribution in [0.15, 0.2) is 34.8 Å². The molecule has 1 nitrogen and oxygen atoms in total. The molecule has 108 valence electrons. The largest absolute Gasteiger partial charge is 0.310 e. The van der Waals surface area contributed by atoms with Crippen LogP contribution in [0.2, 0.25) is 0 Å². The summed E-state index contributed by atoms with van der Waals surface area (Å²) in [5.41, 5.74) is 2.66. The highest BCUT2D eigenvalue weighted by Gasteiger charge is 2.16. The Morgan fingerprint density at radius 1 is 1.15 bits per heavy atom. The minimum Gasteiger partial charge on any atom is -0.310 e. The van der Waals surface area contributed by atoms with Crippen molar-refractivity contribution in [1.29, 1.82) is 0 Å². The lowest BCUT2D eigenvalue weighted by atomic mass is 10.0. The Hall–Kier alpha value is -0.640. The van der Waals surface area contributed by atoms with E-state index < -0.39 is 0 Å². The minimum absolute atomic E-state index is 0.373. The zero-order chi connectivity index (χ0) is 14.5. The van der Waals surface area contributed by atoms with Crippen molar-refractivity contribution in [1.82, 2.24) is 5.32 Å². The Labute approximate surface area is 134 Å². The molecular formula is C17H22BrNS. The van der Waals surface area contributed by atoms with Gasteiger partial charge in [0.2, 0.25) is 0 Å². The summed E-state index contributed by atoms with van der Waals surface area (Å²) >= 11 is 5.68. The van der Waals surface area contributed by atoms with Crippen molar-refractivity contribution in [2.75, 3.05) is 6.54 Å². The molecule has 1 aromatic heterocycles. The average molecular weight is 352 g/mol. The fourth-order valence-electron chi connectivity index (χ4n) is 2.40. The van der Waals surface area contributed by atoms with Crippen LogP contribution < -0.4 is 5.32 Å². The predicted octanol–water partition coefficient (Wildman–Crippen LogP) is 5.27. The second kappa shape index (κ2) is 7.39. The van der Waals surface area contributed by atoms with E-state index in [2.05, 4.69) is 72.3 Å². The summed E-state index contributed by atoms with van der Waals surface area (Å²) in [4.78, 5) is 2.93. The van der Waals surface area contributed by atoms with E-state index in [9.17, 15) is 0 Å². The van der Waals surface area contributed by atoms with Gasteiger partial charge in [0.05, 0.1) is 0 Å². The molecule has 3 heteroatoms. The summed E-state index contributed by atoms with van der Waals surface area (Å²) in [5, 5.41) is 3.62. The average Bonchev–Trinajstić information content (AvgIpc) is 2.89. The summed E-state index contributed by atoms with van der Waals surface area (Å²) < 4.78 is 1.23. The first-order chi connectivity index (χ1) is 9.65. The molecule has 1 N–H and O–H groups in total. The molecule has 1 heterocycles. The Balaban J connectivity index is 2.24. The number of thiophene rings is 1. The molecule has 0 aliphatic carbocycles. The third-order valence-electron chi connectivity index (χ3n) is 3.52. The predicted molar refractivity (Wildman–Crippen MR) is 92.7 cm³/mol. The molecule has 0 aliphatic heterocycles. The molecule has 1 unspecified atom stereocenters. The third kappa shape index (κ3) is 3.72. The Morgan fingerprint density at radius 3 is 2.55 bits per heavy atom. The summed E-state index contributed by atoms with van der Waals surface area (Å²) in [6.45, 7) is 7.52. The van der Waals surface area contributed by atoms with Gasteiger partial charge in [-0.1, -0.05) is 48.0 Å². The zero-order valence-electron chi connectivity index (χ0n) is 12.4. The van der Waals surface area contributed by atoms with Crippen LogP contribution in [0.3, 0.4) is 0 Å². The molecule has 0 saturated carbocycles. The normalized spacial score (nSPS) is 12.6. The number of halogens is 1. The molecule has 20 heavy (non-hydrogen) atoms. The lowest BCUT2D eigenvalue weighted by molar-refractivity contribution is 0.551. The van der Waals surface area contributed by atoms with Gasteiger partial charge in [0.25, 0.3) is 0 Å². The maximum absolute atomic E-state index is 3.75. The van der Waals surface area contributed by atoms with Crippen molar-refractivity contribution in [2.24, 2.45) is 0 Å². The summed E-state index contributed by atoms with van der Waals surface area (Å²) in [5.74, 6) is 0. The van der Waals surface area contributed by atoms with E-state index in [1.54, 1.807) is 0 Å². The molecule has 0 fully saturated rings. The van der Waals surface area contributed by atoms with E-state index in [1.165, 1.54) is 25.4 Å². The van der Waals surface area contributed by atoms with E-state index in [0.29, 0.717) is 6.04 Å². The summed E-state index contributed by atoms with van der Waals surface area (Å²) in [6, 6.07) is 11.4. The molecule has 0 bridgehead atoms. The minimum atomic E-state index is 0.373. The number of likely N-dealkylation sites (N-methyl/N-ethyl adjacent to an activating group) is 1. The van der Waals surface area contributed by atoms with Crippen LogP contribution in [0.25, 0.3) is 0 Å². The number of hydrogen-bond donors (Lipinski definition) is 1. The van der Waals surface area contributed by atoms with E-state index in [1.807, 2.05) is 11.3 Å². The number of aryl methyl sites for hydroxylation is 2. The number of hydrogen-bond acceptors (Lipinski definition) is 2. The van der Waals surface area contributed by atoms with E-state index in [0.717, 1.165) is 19.4 Å². The number of benzene rings is 1. The SMILES string of the molecule is CCNC(Cc1ccc(CC)s1)c1cccc(C)c1Br. The molecule has 2 aromatic rings. The zero-order valence-corrected chi connectivity index (χ0v) is 14.8. The van der Waals surface area contributed by atoms with Crippen molar-refractivity contribution >= 4 is 27.3 Å². The third-order valence-corrected chi connectivity index (χ3v) is 5.85. The van der Waals surface area contributed by atoms with Crippen LogP contribution in [0.5, 0.6) is 0 Å². The van der Waals surface area contributed by atoms with Gasteiger partial charge in [-0.3, -0.25) is 0 Å². The lowest BCUT2D eigenvalue weighted by Crippen LogP contribution is -2.23. The lowest BCUT2D eigenvalue weighted by Gasteiger charge is -2.20. The molecule has 0 spiro atoms. The maximum atomic E-state index is 3.75. The molecule has 1 atom stereocenters. The van der Waals surface area contributed by atoms with Gasteiger partial charge in [0.1, 0.15) is 0 Å². The monoisotopic (exact) mass is 351 g/mol. The highest BCUT2D eigenvalue weighted by atomic mass is 79.9. The van der Waals surface area contributed by atoms with Crippen molar-refractivity contribution in [2.45, 2.75) is 39.7 Å². The van der Waals surface area contributed by atoms with E-state index in [-0.39, 0.29) is 0 Å². The van der Waals surface area contributed by atoms with Crippen LogP contribution in [-0.2, 0) is 12.8 Å². The first-order valence-electron chi connectivity index (χ1n) is 7.21. The molecule has 2 rings (SSSR count). The van der Waals surface area contributed by atoms with E-state index in [4.69, 9.17) is 0 Å². The van der Waals surface area contributed by atoms with Gasteiger partial charge in [-0.15, -0.1) is 11.3 Å². The van der Waals surface area contributed by atoms with Gasteiger partial charge >= 0.3 is 0 Å². The van der Waals surface area contributed by atoms with Crippen LogP contribution in [-0.4, -0.2) is 6.54 Å². The van der Waals surface area contributed by atoms with Crippen LogP contribution in [0.4, 0.5) is 0 Å². The van der Waals surface area contributed by atoms with Crippen LogP contribution >= 0.6 is 27.3 Å². The first-order valence-corrected chi connectivity index (χ1v) is 8.82. The van der Waals surface area contributed by atoms with E-state index >= 15 is 0 Å². The van der Waals surface area contributed by atoms with Gasteiger partial charge < -0.3 is 5.32 Å². The second-order valence-electron chi connectivity index (χ2n) is 5.01. The number of nitrogens with one attached hydrogen (secondary N) is 1. The van der Waals surface area contributed by atoms with Crippen molar-refractivity contribution in [3.63, 3.8) is 0 Å². The van der Waals surface area contributed by atoms with Crippen molar-refractivity contribution in [3.05, 3.63) is 55.7 Å². The highest BCUT2D eigenvalue weighted by molar-refractivity contribution is 9.10. The van der Waals surface area contributed by atoms with Crippen molar-refractivity contribution in [3.8, 4) is 0 Å². The Kier molecular flexibility index (Phi) is 5.82. The first kappa shape index (κ1) is 15.7. The van der Waals surface area contributed by atoms with Gasteiger partial charge in [-0.25, -0.2) is 0 Å². The molecule has 0 saturated heterocycles. The number of rotatable bonds is 6. The van der Waals surface area contributed by atoms with Gasteiger partial charge in [-0.2, -0.15) is 0 Å². The van der Waals surface area contributed by atoms with Crippen molar-refractivity contribution < 1.29 is 0 Å². The highest BCUT2D eigenvalue weighted by Crippen LogP contribution is 2.30. The summed E-state index contributed by atoms with van der Waals surface area (Å²) in [6.07, 6.45) is 2.19. The standard InChI is InChI=1S/C17H22BrNS/c1-4-13-9-10-14(20-13)11-16(19-5-2)15-8-6-7-12(3)17(15)18/h6-10,16,19H,4-5,11H2,1-3H3. The smallest absolute Gasteiger partial charge is 0.0380 e. The van der Waals surface area contributed by atoms with Crippen LogP contribution in [0, 0.1) is 6.92 Å². The summed E-state index contributed by atoms with van der Waals surface area (Å²) in [7, 11) is 0. The quantitative estimate of drug-likeness (QED) is 0.746. The van der Waals surface area contributed by atoms with Gasteiger partial charge in [-0.05, 0) is 43.1 Å².